The minimum absolute atomic E-state index is 0.00895. The van der Waals surface area contributed by atoms with Crippen molar-refractivity contribution in [2.45, 2.75) is 0 Å². The smallest absolute Gasteiger partial charge is 0.397 e. The summed E-state index contributed by atoms with van der Waals surface area (Å²) in [7, 11) is -4.66. The van der Waals surface area contributed by atoms with Gasteiger partial charge in [-0.25, -0.2) is 24.4 Å². The van der Waals surface area contributed by atoms with Crippen LogP contribution in [-0.4, -0.2) is 32.8 Å². The van der Waals surface area contributed by atoms with Crippen molar-refractivity contribution in [3.05, 3.63) is 52.3 Å². The van der Waals surface area contributed by atoms with E-state index < -0.39 is 17.0 Å². The Kier molecular flexibility index (Phi) is 7.75. The second kappa shape index (κ2) is 9.76. The molecule has 1 aromatic carbocycles. The molecule has 0 unspecified atom stereocenters. The third kappa shape index (κ3) is 6.00. The van der Waals surface area contributed by atoms with Crippen LogP contribution >= 0.6 is 0 Å². The number of hydrogen-bond acceptors (Lipinski definition) is 7. The molecule has 0 saturated heterocycles. The van der Waals surface area contributed by atoms with E-state index in [9.17, 15) is 8.42 Å². The summed E-state index contributed by atoms with van der Waals surface area (Å²) in [5.41, 5.74) is -0.735. The molecule has 10 nitrogen and oxygen atoms in total. The van der Waals surface area contributed by atoms with Gasteiger partial charge in [0.2, 0.25) is 0 Å². The molecule has 2 radical (unpaired) electrons. The molecule has 27 heavy (non-hydrogen) atoms. The van der Waals surface area contributed by atoms with Gasteiger partial charge in [-0.2, -0.15) is 8.42 Å². The molecule has 0 bridgehead atoms. The van der Waals surface area contributed by atoms with E-state index in [4.69, 9.17) is 44.6 Å². The minimum Gasteiger partial charge on any atom is -0.494 e. The number of nitriles is 2. The molecule has 0 aliphatic heterocycles. The van der Waals surface area contributed by atoms with Crippen molar-refractivity contribution < 1.29 is 26.6 Å². The molecule has 0 heterocycles. The Balaban J connectivity index is 3.63. The van der Waals surface area contributed by atoms with Crippen LogP contribution in [0.3, 0.4) is 0 Å². The molecule has 1 rings (SSSR count). The third-order valence-electron chi connectivity index (χ3n) is 2.84. The summed E-state index contributed by atoms with van der Waals surface area (Å²) < 4.78 is 44.2. The SMILES string of the molecule is [C-]#[N+]/C(C#N)=c1/cc(OCCOS(=O)(=O)O)/c(=C(\C#N)[N+]#[C-])cc1OC[CH]. The predicted molar refractivity (Wildman–Crippen MR) is 89.7 cm³/mol. The van der Waals surface area contributed by atoms with Crippen LogP contribution in [0.1, 0.15) is 0 Å². The van der Waals surface area contributed by atoms with Crippen LogP contribution in [0.5, 0.6) is 11.5 Å². The molecule has 1 N–H and O–H groups in total. The van der Waals surface area contributed by atoms with Crippen molar-refractivity contribution in [2.75, 3.05) is 19.8 Å². The zero-order valence-corrected chi connectivity index (χ0v) is 14.4. The Morgan fingerprint density at radius 2 is 1.56 bits per heavy atom. The molecular formula is C16H10N4O6S. The topological polar surface area (TPSA) is 138 Å². The van der Waals surface area contributed by atoms with Crippen LogP contribution in [0, 0.1) is 42.7 Å². The van der Waals surface area contributed by atoms with E-state index in [1.807, 2.05) is 0 Å². The van der Waals surface area contributed by atoms with Crippen LogP contribution < -0.4 is 19.9 Å². The summed E-state index contributed by atoms with van der Waals surface area (Å²) in [5.74, 6) is -0.116. The highest BCUT2D eigenvalue weighted by Gasteiger charge is 2.12. The Morgan fingerprint density at radius 1 is 1.07 bits per heavy atom. The maximum atomic E-state index is 10.5. The zero-order chi connectivity index (χ0) is 20.4. The Bertz CT molecular complexity index is 1080. The molecule has 136 valence electrons. The van der Waals surface area contributed by atoms with Crippen molar-refractivity contribution in [2.24, 2.45) is 0 Å². The van der Waals surface area contributed by atoms with Gasteiger partial charge in [-0.1, -0.05) is 0 Å². The summed E-state index contributed by atoms with van der Waals surface area (Å²) >= 11 is 0. The Labute approximate surface area is 155 Å². The Morgan fingerprint density at radius 3 is 1.93 bits per heavy atom. The second-order valence-corrected chi connectivity index (χ2v) is 5.49. The standard InChI is InChI=1S/C16H10N4O6S/c1-4-24-15-7-12(14(10-18)20-3)16(8-11(15)13(9-17)19-2)25-5-6-26-27(21,22)23/h1,7-8H,4-6H2,(H,21,22,23)/b13-11-,14-12+. The van der Waals surface area contributed by atoms with Crippen molar-refractivity contribution in [3.8, 4) is 23.6 Å². The van der Waals surface area contributed by atoms with E-state index >= 15 is 0 Å². The van der Waals surface area contributed by atoms with Crippen molar-refractivity contribution in [1.29, 1.82) is 10.5 Å². The molecule has 11 heteroatoms. The lowest BCUT2D eigenvalue weighted by Crippen LogP contribution is -2.21. The highest BCUT2D eigenvalue weighted by molar-refractivity contribution is 7.80. The van der Waals surface area contributed by atoms with Gasteiger partial charge < -0.3 is 9.47 Å². The lowest BCUT2D eigenvalue weighted by atomic mass is 10.1. The lowest BCUT2D eigenvalue weighted by molar-refractivity contribution is 0.200. The van der Waals surface area contributed by atoms with Gasteiger partial charge in [-0.15, -0.1) is 0 Å². The van der Waals surface area contributed by atoms with Gasteiger partial charge in [0.05, 0.1) is 31.9 Å². The van der Waals surface area contributed by atoms with E-state index in [0.29, 0.717) is 0 Å². The van der Waals surface area contributed by atoms with Gasteiger partial charge >= 0.3 is 10.4 Å². The van der Waals surface area contributed by atoms with E-state index in [1.165, 1.54) is 12.1 Å². The monoisotopic (exact) mass is 386 g/mol. The third-order valence-corrected chi connectivity index (χ3v) is 3.30. The summed E-state index contributed by atoms with van der Waals surface area (Å²) in [4.78, 5) is 6.12. The molecule has 0 amide bonds. The van der Waals surface area contributed by atoms with Crippen molar-refractivity contribution >= 4 is 21.8 Å². The molecule has 0 aliphatic rings. The maximum Gasteiger partial charge on any atom is 0.397 e. The number of hydrogen-bond donors (Lipinski definition) is 1. The molecule has 0 saturated carbocycles. The van der Waals surface area contributed by atoms with Gasteiger partial charge in [-0.05, 0) is 12.1 Å². The van der Waals surface area contributed by atoms with Gasteiger partial charge in [0.25, 0.3) is 11.4 Å². The van der Waals surface area contributed by atoms with E-state index in [-0.39, 0.29) is 46.5 Å². The fourth-order valence-corrected chi connectivity index (χ4v) is 2.12. The second-order valence-electron chi connectivity index (χ2n) is 4.40. The predicted octanol–water partition coefficient (Wildman–Crippen LogP) is 0.0768. The van der Waals surface area contributed by atoms with Gasteiger partial charge in [-0.3, -0.25) is 4.55 Å². The van der Waals surface area contributed by atoms with E-state index in [1.54, 1.807) is 12.1 Å². The molecule has 0 spiro atoms. The average Bonchev–Trinajstić information content (AvgIpc) is 2.62. The summed E-state index contributed by atoms with van der Waals surface area (Å²) in [6, 6.07) is 5.74. The minimum atomic E-state index is -4.66. The van der Waals surface area contributed by atoms with Crippen LogP contribution in [0.2, 0.25) is 0 Å². The van der Waals surface area contributed by atoms with Gasteiger partial charge in [0, 0.05) is 17.4 Å². The number of nitrogens with zero attached hydrogens (tertiary/aromatic N) is 4. The normalized spacial score (nSPS) is 12.5. The summed E-state index contributed by atoms with van der Waals surface area (Å²) in [6.07, 6.45) is 0. The first-order valence-electron chi connectivity index (χ1n) is 6.86. The van der Waals surface area contributed by atoms with Crippen LogP contribution in [0.15, 0.2) is 12.1 Å². The number of ether oxygens (including phenoxy) is 2. The van der Waals surface area contributed by atoms with Crippen molar-refractivity contribution in [3.63, 3.8) is 0 Å². The summed E-state index contributed by atoms with van der Waals surface area (Å²) in [6.45, 7) is 18.2. The molecule has 0 aliphatic carbocycles. The zero-order valence-electron chi connectivity index (χ0n) is 13.5. The number of benzene rings is 1. The van der Waals surface area contributed by atoms with Crippen LogP contribution in [0.25, 0.3) is 21.1 Å². The van der Waals surface area contributed by atoms with Crippen molar-refractivity contribution in [1.82, 2.24) is 0 Å². The Hall–Kier alpha value is -3.61. The first-order valence-corrected chi connectivity index (χ1v) is 8.23. The average molecular weight is 386 g/mol. The number of rotatable bonds is 7. The molecule has 0 atom stereocenters. The van der Waals surface area contributed by atoms with Gasteiger partial charge in [0.15, 0.2) is 0 Å². The summed E-state index contributed by atoms with van der Waals surface area (Å²) in [5, 5.41) is 18.2. The van der Waals surface area contributed by atoms with E-state index in [2.05, 4.69) is 13.9 Å². The highest BCUT2D eigenvalue weighted by atomic mass is 32.3. The molecular weight excluding hydrogens is 376 g/mol. The van der Waals surface area contributed by atoms with Gasteiger partial charge in [0.1, 0.15) is 24.7 Å². The van der Waals surface area contributed by atoms with Crippen LogP contribution in [0.4, 0.5) is 0 Å². The molecule has 0 fully saturated rings. The first kappa shape index (κ1) is 21.4. The molecule has 0 aromatic heterocycles. The highest BCUT2D eigenvalue weighted by Crippen LogP contribution is 2.12. The first-order chi connectivity index (χ1) is 12.8. The fraction of sp³-hybridized carbons (Fsp3) is 0.188. The lowest BCUT2D eigenvalue weighted by Gasteiger charge is -2.11. The maximum absolute atomic E-state index is 10.5. The fourth-order valence-electron chi connectivity index (χ4n) is 1.84. The van der Waals surface area contributed by atoms with Crippen LogP contribution in [-0.2, 0) is 14.6 Å². The van der Waals surface area contributed by atoms with E-state index in [0.717, 1.165) is 0 Å². The quantitative estimate of drug-likeness (QED) is 0.395. The largest absolute Gasteiger partial charge is 0.494 e. The molecule has 1 aromatic rings.